The Morgan fingerprint density at radius 2 is 1.58 bits per heavy atom. The Morgan fingerprint density at radius 3 is 2.26 bits per heavy atom. The molecule has 2 N–H and O–H groups in total. The number of ether oxygens (including phenoxy) is 1. The zero-order valence-electron chi connectivity index (χ0n) is 20.4. The Balaban J connectivity index is 1.34. The SMILES string of the molecule is COc1ccc(-c2nnc3c4ccccc4c(Nc4ccc(NS(=O)(=O)c5cn(C)cn5)cc4)nn23)cc1. The highest BCUT2D eigenvalue weighted by Crippen LogP contribution is 2.30. The van der Waals surface area contributed by atoms with Crippen molar-refractivity contribution in [3.8, 4) is 17.1 Å². The normalized spacial score (nSPS) is 11.6. The predicted octanol–water partition coefficient (Wildman–Crippen LogP) is 4.23. The van der Waals surface area contributed by atoms with Crippen LogP contribution in [0.3, 0.4) is 0 Å². The number of anilines is 3. The second-order valence-corrected chi connectivity index (χ2v) is 10.2. The van der Waals surface area contributed by atoms with Crippen molar-refractivity contribution in [1.82, 2.24) is 29.4 Å². The van der Waals surface area contributed by atoms with Crippen LogP contribution in [0.2, 0.25) is 0 Å². The molecule has 0 aliphatic carbocycles. The number of rotatable bonds is 7. The topological polar surface area (TPSA) is 128 Å². The lowest BCUT2D eigenvalue weighted by atomic mass is 10.1. The lowest BCUT2D eigenvalue weighted by Gasteiger charge is -2.12. The Bertz CT molecular complexity index is 1880. The number of aryl methyl sites for hydroxylation is 1. The van der Waals surface area contributed by atoms with Gasteiger partial charge in [0.05, 0.1) is 13.4 Å². The number of imidazole rings is 1. The van der Waals surface area contributed by atoms with Gasteiger partial charge < -0.3 is 14.6 Å². The zero-order chi connectivity index (χ0) is 26.3. The Labute approximate surface area is 217 Å². The number of nitrogens with zero attached hydrogens (tertiary/aromatic N) is 6. The van der Waals surface area contributed by atoms with Crippen LogP contribution in [0.4, 0.5) is 17.2 Å². The summed E-state index contributed by atoms with van der Waals surface area (Å²) in [7, 11) is -0.457. The lowest BCUT2D eigenvalue weighted by Crippen LogP contribution is -2.13. The molecule has 3 aromatic heterocycles. The van der Waals surface area contributed by atoms with E-state index in [-0.39, 0.29) is 5.03 Å². The monoisotopic (exact) mass is 526 g/mol. The summed E-state index contributed by atoms with van der Waals surface area (Å²) in [6, 6.07) is 22.2. The van der Waals surface area contributed by atoms with E-state index in [1.807, 2.05) is 48.5 Å². The minimum absolute atomic E-state index is 0.0484. The molecule has 6 rings (SSSR count). The third-order valence-electron chi connectivity index (χ3n) is 5.97. The first kappa shape index (κ1) is 23.4. The molecule has 3 heterocycles. The third kappa shape index (κ3) is 4.26. The summed E-state index contributed by atoms with van der Waals surface area (Å²) < 4.78 is 36.3. The average molecular weight is 527 g/mol. The quantitative estimate of drug-likeness (QED) is 0.316. The first-order valence-corrected chi connectivity index (χ1v) is 13.1. The van der Waals surface area contributed by atoms with E-state index in [1.165, 1.54) is 12.5 Å². The standard InChI is InChI=1S/C26H22N8O3S/c1-33-15-23(27-16-33)38(35,36)32-19-11-9-18(10-12-19)28-24-21-5-3-4-6-22(21)26-30-29-25(34(26)31-24)17-7-13-20(37-2)14-8-17/h3-16,32H,1-2H3,(H,28,31). The van der Waals surface area contributed by atoms with Gasteiger partial charge in [0.25, 0.3) is 10.0 Å². The molecular weight excluding hydrogens is 504 g/mol. The highest BCUT2D eigenvalue weighted by Gasteiger charge is 2.18. The van der Waals surface area contributed by atoms with Gasteiger partial charge in [-0.15, -0.1) is 15.3 Å². The van der Waals surface area contributed by atoms with Crippen LogP contribution in [-0.2, 0) is 17.1 Å². The molecule has 0 spiro atoms. The zero-order valence-corrected chi connectivity index (χ0v) is 21.2. The molecule has 0 unspecified atom stereocenters. The summed E-state index contributed by atoms with van der Waals surface area (Å²) in [6.45, 7) is 0. The van der Waals surface area contributed by atoms with Crippen molar-refractivity contribution in [1.29, 1.82) is 0 Å². The number of hydrogen-bond acceptors (Lipinski definition) is 8. The van der Waals surface area contributed by atoms with Gasteiger partial charge in [-0.25, -0.2) is 4.98 Å². The molecule has 0 aliphatic heterocycles. The highest BCUT2D eigenvalue weighted by molar-refractivity contribution is 7.92. The van der Waals surface area contributed by atoms with Crippen LogP contribution < -0.4 is 14.8 Å². The van der Waals surface area contributed by atoms with Crippen LogP contribution in [0, 0.1) is 0 Å². The van der Waals surface area contributed by atoms with Gasteiger partial charge in [-0.3, -0.25) is 4.72 Å². The lowest BCUT2D eigenvalue weighted by molar-refractivity contribution is 0.415. The van der Waals surface area contributed by atoms with Crippen molar-refractivity contribution in [2.75, 3.05) is 17.1 Å². The summed E-state index contributed by atoms with van der Waals surface area (Å²) in [5.74, 6) is 1.94. The molecule has 0 saturated carbocycles. The predicted molar refractivity (Wildman–Crippen MR) is 144 cm³/mol. The van der Waals surface area contributed by atoms with Crippen molar-refractivity contribution in [3.63, 3.8) is 0 Å². The van der Waals surface area contributed by atoms with Gasteiger partial charge in [-0.2, -0.15) is 12.9 Å². The molecule has 12 heteroatoms. The molecule has 3 aromatic carbocycles. The van der Waals surface area contributed by atoms with E-state index in [9.17, 15) is 8.42 Å². The van der Waals surface area contributed by atoms with Gasteiger partial charge in [0, 0.05) is 41.0 Å². The van der Waals surface area contributed by atoms with Gasteiger partial charge in [-0.1, -0.05) is 24.3 Å². The molecule has 6 aromatic rings. The largest absolute Gasteiger partial charge is 0.497 e. The van der Waals surface area contributed by atoms with E-state index >= 15 is 0 Å². The molecule has 0 fully saturated rings. The van der Waals surface area contributed by atoms with E-state index in [1.54, 1.807) is 47.5 Å². The summed E-state index contributed by atoms with van der Waals surface area (Å²) in [5.41, 5.74) is 2.62. The van der Waals surface area contributed by atoms with Crippen LogP contribution in [0.25, 0.3) is 27.8 Å². The van der Waals surface area contributed by atoms with Gasteiger partial charge in [0.2, 0.25) is 0 Å². The van der Waals surface area contributed by atoms with Crippen LogP contribution in [0.5, 0.6) is 5.75 Å². The number of aromatic nitrogens is 6. The minimum Gasteiger partial charge on any atom is -0.497 e. The second-order valence-electron chi connectivity index (χ2n) is 8.57. The molecule has 0 saturated heterocycles. The number of fused-ring (bicyclic) bond motifs is 3. The fourth-order valence-electron chi connectivity index (χ4n) is 4.09. The van der Waals surface area contributed by atoms with Crippen molar-refractivity contribution >= 4 is 43.6 Å². The van der Waals surface area contributed by atoms with Crippen LogP contribution in [-0.4, -0.2) is 44.9 Å². The number of hydrogen-bond donors (Lipinski definition) is 2. The smallest absolute Gasteiger partial charge is 0.280 e. The Morgan fingerprint density at radius 1 is 0.868 bits per heavy atom. The third-order valence-corrected chi connectivity index (χ3v) is 7.23. The van der Waals surface area contributed by atoms with Gasteiger partial charge >= 0.3 is 0 Å². The molecule has 0 aliphatic rings. The number of methoxy groups -OCH3 is 1. The summed E-state index contributed by atoms with van der Waals surface area (Å²) in [5, 5.41) is 18.7. The molecule has 0 atom stereocenters. The second kappa shape index (κ2) is 9.16. The van der Waals surface area contributed by atoms with Crippen molar-refractivity contribution in [3.05, 3.63) is 85.3 Å². The number of nitrogens with one attached hydrogen (secondary N) is 2. The molecule has 11 nitrogen and oxygen atoms in total. The maximum Gasteiger partial charge on any atom is 0.280 e. The van der Waals surface area contributed by atoms with Crippen molar-refractivity contribution in [2.45, 2.75) is 5.03 Å². The van der Waals surface area contributed by atoms with Gasteiger partial charge in [0.15, 0.2) is 22.3 Å². The summed E-state index contributed by atoms with van der Waals surface area (Å²) in [4.78, 5) is 3.92. The van der Waals surface area contributed by atoms with E-state index in [0.717, 1.165) is 27.8 Å². The first-order valence-electron chi connectivity index (χ1n) is 11.6. The molecule has 0 bridgehead atoms. The highest BCUT2D eigenvalue weighted by atomic mass is 32.2. The fourth-order valence-corrected chi connectivity index (χ4v) is 5.13. The minimum atomic E-state index is -3.79. The molecule has 0 amide bonds. The van der Waals surface area contributed by atoms with Gasteiger partial charge in [0.1, 0.15) is 5.75 Å². The molecule has 38 heavy (non-hydrogen) atoms. The maximum atomic E-state index is 12.6. The van der Waals surface area contributed by atoms with Gasteiger partial charge in [-0.05, 0) is 48.5 Å². The van der Waals surface area contributed by atoms with Crippen molar-refractivity contribution in [2.24, 2.45) is 7.05 Å². The fraction of sp³-hybridized carbons (Fsp3) is 0.0769. The van der Waals surface area contributed by atoms with E-state index in [4.69, 9.17) is 9.84 Å². The molecule has 0 radical (unpaired) electrons. The van der Waals surface area contributed by atoms with E-state index < -0.39 is 10.0 Å². The van der Waals surface area contributed by atoms with Crippen molar-refractivity contribution < 1.29 is 13.2 Å². The molecule has 190 valence electrons. The first-order chi connectivity index (χ1) is 18.4. The Hall–Kier alpha value is -4.97. The summed E-state index contributed by atoms with van der Waals surface area (Å²) in [6.07, 6.45) is 2.88. The van der Waals surface area contributed by atoms with Crippen LogP contribution >= 0.6 is 0 Å². The summed E-state index contributed by atoms with van der Waals surface area (Å²) >= 11 is 0. The average Bonchev–Trinajstić information content (AvgIpc) is 3.57. The van der Waals surface area contributed by atoms with Crippen LogP contribution in [0.1, 0.15) is 0 Å². The van der Waals surface area contributed by atoms with Crippen LogP contribution in [0.15, 0.2) is 90.3 Å². The molecular formula is C26H22N8O3S. The van der Waals surface area contributed by atoms with E-state index in [0.29, 0.717) is 23.0 Å². The Kier molecular flexibility index (Phi) is 5.65. The maximum absolute atomic E-state index is 12.6. The van der Waals surface area contributed by atoms with E-state index in [2.05, 4.69) is 25.2 Å². The number of benzene rings is 3. The number of sulfonamides is 1.